The normalized spacial score (nSPS) is 16.7. The molecule has 9 rings (SSSR count). The predicted molar refractivity (Wildman–Crippen MR) is 255 cm³/mol. The van der Waals surface area contributed by atoms with Gasteiger partial charge < -0.3 is 29.5 Å². The third-order valence-electron chi connectivity index (χ3n) is 12.9. The van der Waals surface area contributed by atoms with E-state index in [9.17, 15) is 0 Å². The van der Waals surface area contributed by atoms with Gasteiger partial charge in [0.1, 0.15) is 5.82 Å². The summed E-state index contributed by atoms with van der Waals surface area (Å²) in [5.74, 6) is 3.91. The minimum absolute atomic E-state index is 0.0790. The summed E-state index contributed by atoms with van der Waals surface area (Å²) in [7, 11) is 0. The van der Waals surface area contributed by atoms with Crippen molar-refractivity contribution in [1.29, 1.82) is 0 Å². The molecule has 0 bridgehead atoms. The number of nitrogens with one attached hydrogen (secondary N) is 3. The Morgan fingerprint density at radius 3 is 1.66 bits per heavy atom. The molecule has 6 heterocycles. The molecule has 6 aromatic heterocycles. The Morgan fingerprint density at radius 2 is 1.12 bits per heavy atom. The van der Waals surface area contributed by atoms with Crippen LogP contribution in [-0.2, 0) is 19.4 Å². The van der Waals surface area contributed by atoms with Crippen LogP contribution < -0.4 is 16.0 Å². The first-order valence-electron chi connectivity index (χ1n) is 24.0. The van der Waals surface area contributed by atoms with Crippen LogP contribution in [0.25, 0.3) is 34.0 Å². The number of rotatable bonds is 17. The summed E-state index contributed by atoms with van der Waals surface area (Å²) in [4.78, 5) is 28.5. The average molecular weight is 909 g/mol. The van der Waals surface area contributed by atoms with Crippen LogP contribution in [0.4, 0.5) is 22.2 Å². The molecule has 0 radical (unpaired) electrons. The lowest BCUT2D eigenvalue weighted by Crippen LogP contribution is -2.23. The second-order valence-corrected chi connectivity index (χ2v) is 19.2. The fraction of sp³-hybridized carbons (Fsp3) is 0.471. The van der Waals surface area contributed by atoms with Crippen molar-refractivity contribution < 1.29 is 18.0 Å². The van der Waals surface area contributed by atoms with E-state index in [-0.39, 0.29) is 35.5 Å². The van der Waals surface area contributed by atoms with E-state index in [1.165, 1.54) is 19.3 Å². The van der Waals surface area contributed by atoms with E-state index >= 15 is 4.39 Å². The molecule has 16 heteroatoms. The third kappa shape index (κ3) is 10.7. The standard InChI is InChI=1S/C51H61FN12O3/c1-28(2)46-39(43-19-31(7)62-65-43)25-54-49(59-46)53-24-32-13-18-38(42(52)20-32)33-14-15-35(21-33)58-51-56-27-41(48(61-51)30(5)6)45-23-37(64-67-45)17-16-36-22-44(66-63-36)40-26-55-50(60-47(40)29(3)4)57-34-11-9-8-10-12-34/h13,18-20,22-23,25-30,33-35H,8-12,14-17,21,24H2,1-7H3,(H,53,54,59)(H,55,57,60)(H,56,58,61). The fourth-order valence-corrected chi connectivity index (χ4v) is 9.36. The van der Waals surface area contributed by atoms with Crippen molar-refractivity contribution in [2.24, 2.45) is 0 Å². The summed E-state index contributed by atoms with van der Waals surface area (Å²) in [5, 5.41) is 23.1. The molecule has 15 nitrogen and oxygen atoms in total. The van der Waals surface area contributed by atoms with Gasteiger partial charge in [0.05, 0.1) is 50.9 Å². The summed E-state index contributed by atoms with van der Waals surface area (Å²) in [6.45, 7) is 14.9. The molecule has 350 valence electrons. The number of nitrogens with zero attached hydrogens (tertiary/aromatic N) is 9. The maximum Gasteiger partial charge on any atom is 0.223 e. The van der Waals surface area contributed by atoms with Crippen molar-refractivity contribution in [1.82, 2.24) is 45.4 Å². The first-order valence-corrected chi connectivity index (χ1v) is 24.0. The molecule has 1 aromatic carbocycles. The highest BCUT2D eigenvalue weighted by Gasteiger charge is 2.29. The largest absolute Gasteiger partial charge is 0.356 e. The van der Waals surface area contributed by atoms with Crippen molar-refractivity contribution in [3.05, 3.63) is 106 Å². The summed E-state index contributed by atoms with van der Waals surface area (Å²) < 4.78 is 32.9. The van der Waals surface area contributed by atoms with Gasteiger partial charge in [-0.1, -0.05) is 88.4 Å². The molecule has 67 heavy (non-hydrogen) atoms. The Balaban J connectivity index is 0.789. The molecular formula is C51H61FN12O3. The molecule has 2 saturated carbocycles. The lowest BCUT2D eigenvalue weighted by Gasteiger charge is -2.23. The number of anilines is 3. The van der Waals surface area contributed by atoms with E-state index in [1.807, 2.05) is 49.6 Å². The van der Waals surface area contributed by atoms with E-state index in [2.05, 4.69) is 82.9 Å². The monoisotopic (exact) mass is 908 g/mol. The first-order chi connectivity index (χ1) is 32.4. The van der Waals surface area contributed by atoms with Crippen LogP contribution in [0.15, 0.2) is 68.6 Å². The number of hydrogen-bond acceptors (Lipinski definition) is 15. The zero-order chi connectivity index (χ0) is 46.6. The van der Waals surface area contributed by atoms with Gasteiger partial charge in [0.15, 0.2) is 17.3 Å². The Labute approximate surface area is 391 Å². The lowest BCUT2D eigenvalue weighted by atomic mass is 9.95. The van der Waals surface area contributed by atoms with Crippen molar-refractivity contribution in [3.63, 3.8) is 0 Å². The van der Waals surface area contributed by atoms with Crippen LogP contribution in [0.3, 0.4) is 0 Å². The van der Waals surface area contributed by atoms with Gasteiger partial charge in [-0.25, -0.2) is 34.3 Å². The van der Waals surface area contributed by atoms with E-state index in [0.29, 0.717) is 60.6 Å². The third-order valence-corrected chi connectivity index (χ3v) is 12.9. The molecule has 0 saturated heterocycles. The van der Waals surface area contributed by atoms with Gasteiger partial charge in [0.2, 0.25) is 17.8 Å². The molecule has 0 spiro atoms. The molecule has 0 aliphatic heterocycles. The Morgan fingerprint density at radius 1 is 0.597 bits per heavy atom. The number of halogens is 1. The molecule has 2 atom stereocenters. The lowest BCUT2D eigenvalue weighted by molar-refractivity contribution is 0.416. The zero-order valence-electron chi connectivity index (χ0n) is 39.6. The van der Waals surface area contributed by atoms with Crippen LogP contribution >= 0.6 is 0 Å². The maximum absolute atomic E-state index is 15.7. The maximum atomic E-state index is 15.7. The van der Waals surface area contributed by atoms with Gasteiger partial charge in [0.25, 0.3) is 0 Å². The topological polar surface area (TPSA) is 192 Å². The second kappa shape index (κ2) is 20.1. The smallest absolute Gasteiger partial charge is 0.223 e. The van der Waals surface area contributed by atoms with Gasteiger partial charge >= 0.3 is 0 Å². The minimum atomic E-state index is -0.205. The van der Waals surface area contributed by atoms with E-state index in [1.54, 1.807) is 12.3 Å². The van der Waals surface area contributed by atoms with Crippen molar-refractivity contribution in [3.8, 4) is 34.0 Å². The molecule has 7 aromatic rings. The van der Waals surface area contributed by atoms with Crippen molar-refractivity contribution in [2.75, 3.05) is 16.0 Å². The SMILES string of the molecule is Cc1cc(-c2cnc(NCc3ccc(C4CCC(Nc5ncc(-c6cc(CCc7cc(-c8cnc(NC9CCCCC9)nc8C(C)C)on7)no6)c(C(C)C)n5)C4)c(F)c3)nc2C(C)C)on1. The van der Waals surface area contributed by atoms with Crippen LogP contribution in [0, 0.1) is 12.7 Å². The van der Waals surface area contributed by atoms with E-state index < -0.39 is 0 Å². The van der Waals surface area contributed by atoms with E-state index in [4.69, 9.17) is 33.5 Å². The van der Waals surface area contributed by atoms with Crippen molar-refractivity contribution >= 4 is 17.8 Å². The highest BCUT2D eigenvalue weighted by atomic mass is 19.1. The number of benzene rings is 1. The zero-order valence-corrected chi connectivity index (χ0v) is 39.6. The first kappa shape index (κ1) is 45.6. The van der Waals surface area contributed by atoms with Gasteiger partial charge in [-0.3, -0.25) is 0 Å². The van der Waals surface area contributed by atoms with Crippen LogP contribution in [0.5, 0.6) is 0 Å². The van der Waals surface area contributed by atoms with Crippen LogP contribution in [-0.4, -0.2) is 57.5 Å². The fourth-order valence-electron chi connectivity index (χ4n) is 9.36. The van der Waals surface area contributed by atoms with E-state index in [0.717, 1.165) is 94.1 Å². The number of aryl methyl sites for hydroxylation is 3. The minimum Gasteiger partial charge on any atom is -0.356 e. The molecule has 2 aliphatic carbocycles. The van der Waals surface area contributed by atoms with Gasteiger partial charge in [-0.15, -0.1) is 0 Å². The number of hydrogen-bond donors (Lipinski definition) is 3. The predicted octanol–water partition coefficient (Wildman–Crippen LogP) is 11.7. The molecular weight excluding hydrogens is 848 g/mol. The highest BCUT2D eigenvalue weighted by Crippen LogP contribution is 2.38. The second-order valence-electron chi connectivity index (χ2n) is 19.2. The highest BCUT2D eigenvalue weighted by molar-refractivity contribution is 5.63. The van der Waals surface area contributed by atoms with Crippen LogP contribution in [0.1, 0.15) is 162 Å². The average Bonchev–Trinajstić information content (AvgIpc) is 4.17. The Kier molecular flexibility index (Phi) is 13.7. The summed E-state index contributed by atoms with van der Waals surface area (Å²) in [6.07, 6.45) is 15.3. The van der Waals surface area contributed by atoms with Crippen LogP contribution in [0.2, 0.25) is 0 Å². The molecule has 0 amide bonds. The molecule has 2 fully saturated rings. The quantitative estimate of drug-likeness (QED) is 0.0781. The molecule has 3 N–H and O–H groups in total. The van der Waals surface area contributed by atoms with Crippen molar-refractivity contribution in [2.45, 2.75) is 155 Å². The van der Waals surface area contributed by atoms with Gasteiger partial charge in [-0.2, -0.15) is 0 Å². The Hall–Kier alpha value is -6.58. The van der Waals surface area contributed by atoms with Gasteiger partial charge in [-0.05, 0) is 92.7 Å². The summed E-state index contributed by atoms with van der Waals surface area (Å²) in [6, 6.07) is 11.8. The molecule has 2 aliphatic rings. The Bertz CT molecular complexity index is 2790. The summed E-state index contributed by atoms with van der Waals surface area (Å²) >= 11 is 0. The number of aromatic nitrogens is 9. The van der Waals surface area contributed by atoms with Gasteiger partial charge in [0, 0.05) is 55.4 Å². The summed E-state index contributed by atoms with van der Waals surface area (Å²) in [5.41, 5.74) is 9.07. The molecule has 2 unspecified atom stereocenters.